The SMILES string of the molecule is CCOC(=O)C1=C(C)N=c2s/c(=C/c3cc(Br)c(OCC)c(OC)c3)c(=O)n2[C@@H]1c1ccc(OC)c(Br)c1. The molecule has 0 fully saturated rings. The van der Waals surface area contributed by atoms with Gasteiger partial charge in [0, 0.05) is 0 Å². The molecule has 0 bridgehead atoms. The highest BCUT2D eigenvalue weighted by atomic mass is 79.9. The standard InChI is InChI=1S/C27H26Br2N2O6S/c1-6-36-24-18(29)10-15(11-20(24)35-5)12-21-25(32)31-23(16-8-9-19(34-4)17(28)13-16)22(26(33)37-7-2)14(3)30-27(31)38-21/h8-13,23H,6-7H2,1-5H3/b21-12+/t23-/m1/s1. The maximum absolute atomic E-state index is 13.9. The topological polar surface area (TPSA) is 88.4 Å². The van der Waals surface area contributed by atoms with Crippen LogP contribution in [0.3, 0.4) is 0 Å². The highest BCUT2D eigenvalue weighted by Gasteiger charge is 2.33. The van der Waals surface area contributed by atoms with Crippen LogP contribution in [0, 0.1) is 0 Å². The zero-order valence-electron chi connectivity index (χ0n) is 21.5. The van der Waals surface area contributed by atoms with Gasteiger partial charge in [0.25, 0.3) is 5.56 Å². The summed E-state index contributed by atoms with van der Waals surface area (Å²) in [6.07, 6.45) is 1.78. The largest absolute Gasteiger partial charge is 0.496 e. The first-order valence-electron chi connectivity index (χ1n) is 11.8. The summed E-state index contributed by atoms with van der Waals surface area (Å²) >= 11 is 8.31. The Balaban J connectivity index is 1.94. The Bertz CT molecular complexity index is 1610. The average Bonchev–Trinajstić information content (AvgIpc) is 3.18. The van der Waals surface area contributed by atoms with Crippen molar-refractivity contribution in [3.8, 4) is 17.2 Å². The Kier molecular flexibility index (Phi) is 8.79. The normalized spacial score (nSPS) is 15.1. The predicted octanol–water partition coefficient (Wildman–Crippen LogP) is 4.74. The lowest BCUT2D eigenvalue weighted by Crippen LogP contribution is -2.40. The second-order valence-corrected chi connectivity index (χ2v) is 10.9. The summed E-state index contributed by atoms with van der Waals surface area (Å²) in [6.45, 7) is 6.07. The molecule has 0 spiro atoms. The van der Waals surface area contributed by atoms with Crippen LogP contribution in [0.15, 0.2) is 60.3 Å². The highest BCUT2D eigenvalue weighted by molar-refractivity contribution is 9.11. The van der Waals surface area contributed by atoms with E-state index in [0.29, 0.717) is 59.0 Å². The van der Waals surface area contributed by atoms with Gasteiger partial charge in [-0.05, 0) is 94.1 Å². The van der Waals surface area contributed by atoms with E-state index in [4.69, 9.17) is 18.9 Å². The molecular formula is C27H26Br2N2O6S. The van der Waals surface area contributed by atoms with Crippen molar-refractivity contribution in [2.45, 2.75) is 26.8 Å². The third-order valence-corrected chi connectivity index (χ3v) is 8.04. The van der Waals surface area contributed by atoms with Gasteiger partial charge in [0.2, 0.25) is 0 Å². The number of carbonyl (C=O) groups is 1. The first-order valence-corrected chi connectivity index (χ1v) is 14.2. The molecule has 1 atom stereocenters. The minimum absolute atomic E-state index is 0.202. The molecule has 0 saturated heterocycles. The number of hydrogen-bond donors (Lipinski definition) is 0. The second-order valence-electron chi connectivity index (χ2n) is 8.16. The van der Waals surface area contributed by atoms with Crippen LogP contribution in [0.2, 0.25) is 0 Å². The summed E-state index contributed by atoms with van der Waals surface area (Å²) in [4.78, 5) is 32.1. The first kappa shape index (κ1) is 28.1. The van der Waals surface area contributed by atoms with Crippen molar-refractivity contribution in [1.29, 1.82) is 0 Å². The molecule has 1 aromatic heterocycles. The van der Waals surface area contributed by atoms with Crippen LogP contribution in [0.25, 0.3) is 6.08 Å². The number of aromatic nitrogens is 1. The number of benzene rings is 2. The summed E-state index contributed by atoms with van der Waals surface area (Å²) in [5, 5.41) is 0. The van der Waals surface area contributed by atoms with Crippen molar-refractivity contribution in [3.05, 3.63) is 81.4 Å². The number of nitrogens with zero attached hydrogens (tertiary/aromatic N) is 2. The Morgan fingerprint density at radius 1 is 1.08 bits per heavy atom. The van der Waals surface area contributed by atoms with Crippen LogP contribution < -0.4 is 29.1 Å². The maximum Gasteiger partial charge on any atom is 0.338 e. The molecule has 0 aliphatic carbocycles. The number of carbonyl (C=O) groups excluding carboxylic acids is 1. The van der Waals surface area contributed by atoms with E-state index in [2.05, 4.69) is 36.9 Å². The number of thiazole rings is 1. The molecule has 1 aliphatic rings. The third kappa shape index (κ3) is 5.32. The predicted molar refractivity (Wildman–Crippen MR) is 153 cm³/mol. The quantitative estimate of drug-likeness (QED) is 0.323. The summed E-state index contributed by atoms with van der Waals surface area (Å²) in [5.41, 5.74) is 2.00. The van der Waals surface area contributed by atoms with Gasteiger partial charge in [-0.25, -0.2) is 9.79 Å². The first-order chi connectivity index (χ1) is 18.2. The Hall–Kier alpha value is -2.89. The molecule has 0 amide bonds. The fourth-order valence-electron chi connectivity index (χ4n) is 4.22. The summed E-state index contributed by atoms with van der Waals surface area (Å²) in [6, 6.07) is 8.40. The number of halogens is 2. The molecule has 0 unspecified atom stereocenters. The van der Waals surface area contributed by atoms with Crippen molar-refractivity contribution in [3.63, 3.8) is 0 Å². The molecule has 38 heavy (non-hydrogen) atoms. The van der Waals surface area contributed by atoms with Crippen molar-refractivity contribution >= 4 is 55.2 Å². The van der Waals surface area contributed by atoms with Crippen LogP contribution in [0.1, 0.15) is 37.9 Å². The van der Waals surface area contributed by atoms with Gasteiger partial charge in [0.1, 0.15) is 5.75 Å². The monoisotopic (exact) mass is 664 g/mol. The van der Waals surface area contributed by atoms with E-state index in [1.807, 2.05) is 25.1 Å². The zero-order chi connectivity index (χ0) is 27.6. The van der Waals surface area contributed by atoms with E-state index >= 15 is 0 Å². The van der Waals surface area contributed by atoms with Crippen LogP contribution >= 0.6 is 43.2 Å². The molecule has 200 valence electrons. The molecule has 0 radical (unpaired) electrons. The number of hydrogen-bond acceptors (Lipinski definition) is 8. The minimum atomic E-state index is -0.726. The van der Waals surface area contributed by atoms with E-state index < -0.39 is 12.0 Å². The Morgan fingerprint density at radius 2 is 1.82 bits per heavy atom. The summed E-state index contributed by atoms with van der Waals surface area (Å²) in [7, 11) is 3.14. The fraction of sp³-hybridized carbons (Fsp3) is 0.296. The number of ether oxygens (including phenoxy) is 4. The smallest absolute Gasteiger partial charge is 0.338 e. The van der Waals surface area contributed by atoms with E-state index in [1.54, 1.807) is 50.8 Å². The lowest BCUT2D eigenvalue weighted by Gasteiger charge is -2.25. The molecule has 2 heterocycles. The summed E-state index contributed by atoms with van der Waals surface area (Å²) in [5.74, 6) is 1.25. The molecule has 3 aromatic rings. The third-order valence-electron chi connectivity index (χ3n) is 5.85. The average molecular weight is 666 g/mol. The van der Waals surface area contributed by atoms with Crippen molar-refractivity contribution in [1.82, 2.24) is 4.57 Å². The van der Waals surface area contributed by atoms with Crippen LogP contribution in [0.4, 0.5) is 0 Å². The Labute approximate surface area is 240 Å². The van der Waals surface area contributed by atoms with Crippen molar-refractivity contribution in [2.75, 3.05) is 27.4 Å². The zero-order valence-corrected chi connectivity index (χ0v) is 25.5. The van der Waals surface area contributed by atoms with E-state index in [-0.39, 0.29) is 12.2 Å². The van der Waals surface area contributed by atoms with Gasteiger partial charge < -0.3 is 18.9 Å². The lowest BCUT2D eigenvalue weighted by molar-refractivity contribution is -0.139. The van der Waals surface area contributed by atoms with Gasteiger partial charge in [-0.2, -0.15) is 0 Å². The van der Waals surface area contributed by atoms with Gasteiger partial charge in [0.05, 0.1) is 58.2 Å². The van der Waals surface area contributed by atoms with Crippen LogP contribution in [0.5, 0.6) is 17.2 Å². The van der Waals surface area contributed by atoms with Gasteiger partial charge in [-0.15, -0.1) is 0 Å². The second kappa shape index (κ2) is 11.9. The van der Waals surface area contributed by atoms with E-state index in [9.17, 15) is 9.59 Å². The molecular weight excluding hydrogens is 640 g/mol. The van der Waals surface area contributed by atoms with Gasteiger partial charge in [0.15, 0.2) is 16.3 Å². The Morgan fingerprint density at radius 3 is 2.45 bits per heavy atom. The molecule has 0 N–H and O–H groups in total. The summed E-state index contributed by atoms with van der Waals surface area (Å²) < 4.78 is 25.3. The van der Waals surface area contributed by atoms with Gasteiger partial charge >= 0.3 is 5.97 Å². The number of methoxy groups -OCH3 is 2. The van der Waals surface area contributed by atoms with Gasteiger partial charge in [-0.1, -0.05) is 17.4 Å². The van der Waals surface area contributed by atoms with E-state index in [1.165, 1.54) is 11.3 Å². The fourth-order valence-corrected chi connectivity index (χ4v) is 6.40. The molecule has 4 rings (SSSR count). The minimum Gasteiger partial charge on any atom is -0.496 e. The lowest BCUT2D eigenvalue weighted by atomic mass is 9.96. The van der Waals surface area contributed by atoms with Crippen LogP contribution in [-0.2, 0) is 9.53 Å². The molecule has 8 nitrogen and oxygen atoms in total. The molecule has 1 aliphatic heterocycles. The van der Waals surface area contributed by atoms with E-state index in [0.717, 1.165) is 5.56 Å². The number of fused-ring (bicyclic) bond motifs is 1. The number of allylic oxidation sites excluding steroid dienone is 1. The van der Waals surface area contributed by atoms with Crippen molar-refractivity contribution < 1.29 is 23.7 Å². The number of rotatable bonds is 8. The van der Waals surface area contributed by atoms with Crippen molar-refractivity contribution in [2.24, 2.45) is 4.99 Å². The van der Waals surface area contributed by atoms with Gasteiger partial charge in [-0.3, -0.25) is 9.36 Å². The number of esters is 1. The molecule has 2 aromatic carbocycles. The van der Waals surface area contributed by atoms with Crippen LogP contribution in [-0.4, -0.2) is 38.0 Å². The highest BCUT2D eigenvalue weighted by Crippen LogP contribution is 2.37. The molecule has 0 saturated carbocycles. The maximum atomic E-state index is 13.9. The molecule has 11 heteroatoms.